The van der Waals surface area contributed by atoms with Crippen LogP contribution in [0.25, 0.3) is 0 Å². The first-order chi connectivity index (χ1) is 11.7. The molecule has 0 heterocycles. The predicted octanol–water partition coefficient (Wildman–Crippen LogP) is 8.06. The number of hydrogen-bond donors (Lipinski definition) is 0. The van der Waals surface area contributed by atoms with E-state index in [1.165, 1.54) is 68.7 Å². The first kappa shape index (κ1) is 18.5. The van der Waals surface area contributed by atoms with E-state index in [0.29, 0.717) is 0 Å². The fourth-order valence-electron chi connectivity index (χ4n) is 4.76. The van der Waals surface area contributed by atoms with Crippen LogP contribution in [0.2, 0.25) is 0 Å². The quantitative estimate of drug-likeness (QED) is 0.461. The third-order valence-corrected chi connectivity index (χ3v) is 7.08. The molecular weight excluding hydrogens is 380 g/mol. The van der Waals surface area contributed by atoms with Gasteiger partial charge in [0.2, 0.25) is 0 Å². The molecule has 2 heteroatoms. The normalized spacial score (nSPS) is 31.4. The van der Waals surface area contributed by atoms with Gasteiger partial charge in [-0.2, -0.15) is 0 Å². The Balaban J connectivity index is 1.36. The second-order valence-corrected chi connectivity index (χ2v) is 9.11. The Hall–Kier alpha value is -0.270. The zero-order valence-corrected chi connectivity index (χ0v) is 16.9. The Kier molecular flexibility index (Phi) is 7.28. The van der Waals surface area contributed by atoms with Gasteiger partial charge in [0.25, 0.3) is 0 Å². The van der Waals surface area contributed by atoms with Gasteiger partial charge in [-0.3, -0.25) is 0 Å². The molecule has 0 saturated heterocycles. The lowest BCUT2D eigenvalue weighted by Gasteiger charge is -2.31. The molecular formula is C22H30BrCl. The number of allylic oxidation sites excluding steroid dienone is 1. The predicted molar refractivity (Wildman–Crippen MR) is 109 cm³/mol. The van der Waals surface area contributed by atoms with E-state index >= 15 is 0 Å². The third kappa shape index (κ3) is 5.36. The summed E-state index contributed by atoms with van der Waals surface area (Å²) in [5.41, 5.74) is 3.26. The molecule has 0 atom stereocenters. The van der Waals surface area contributed by atoms with Crippen LogP contribution in [0.5, 0.6) is 0 Å². The monoisotopic (exact) mass is 408 g/mol. The van der Waals surface area contributed by atoms with Gasteiger partial charge in [0.1, 0.15) is 0 Å². The van der Waals surface area contributed by atoms with Crippen LogP contribution >= 0.6 is 27.5 Å². The van der Waals surface area contributed by atoms with Crippen LogP contribution in [0.15, 0.2) is 40.3 Å². The standard InChI is InChI=1S/C22H30BrCl/c23-22-13-11-21(12-14-22)20-9-7-18(8-10-20)2-1-17-3-5-19(6-4-17)15-16-24/h11-20H,1-10H2. The molecule has 1 aromatic rings. The van der Waals surface area contributed by atoms with Gasteiger partial charge in [0.05, 0.1) is 0 Å². The van der Waals surface area contributed by atoms with E-state index < -0.39 is 0 Å². The van der Waals surface area contributed by atoms with E-state index in [0.717, 1.165) is 23.7 Å². The summed E-state index contributed by atoms with van der Waals surface area (Å²) >= 11 is 9.25. The molecule has 0 aliphatic heterocycles. The second kappa shape index (κ2) is 9.43. The van der Waals surface area contributed by atoms with Gasteiger partial charge in [0.15, 0.2) is 0 Å². The highest BCUT2D eigenvalue weighted by atomic mass is 79.9. The molecule has 2 aliphatic carbocycles. The molecule has 0 spiro atoms. The van der Waals surface area contributed by atoms with E-state index in [2.05, 4.69) is 46.3 Å². The third-order valence-electron chi connectivity index (χ3n) is 6.41. The summed E-state index contributed by atoms with van der Waals surface area (Å²) in [6.45, 7) is 0. The fraction of sp³-hybridized carbons (Fsp3) is 0.636. The summed E-state index contributed by atoms with van der Waals surface area (Å²) in [5, 5.41) is 0. The molecule has 0 amide bonds. The van der Waals surface area contributed by atoms with Crippen molar-refractivity contribution in [2.45, 2.75) is 70.1 Å². The van der Waals surface area contributed by atoms with Crippen LogP contribution in [-0.4, -0.2) is 0 Å². The lowest BCUT2D eigenvalue weighted by Crippen LogP contribution is -2.17. The molecule has 0 nitrogen and oxygen atoms in total. The minimum Gasteiger partial charge on any atom is -0.0933 e. The molecule has 2 saturated carbocycles. The lowest BCUT2D eigenvalue weighted by atomic mass is 9.74. The molecule has 2 fully saturated rings. The van der Waals surface area contributed by atoms with Crippen molar-refractivity contribution in [2.24, 2.45) is 17.8 Å². The van der Waals surface area contributed by atoms with Crippen LogP contribution in [-0.2, 0) is 0 Å². The first-order valence-electron chi connectivity index (χ1n) is 9.77. The molecule has 132 valence electrons. The zero-order chi connectivity index (χ0) is 16.8. The topological polar surface area (TPSA) is 0 Å². The number of rotatable bonds is 5. The van der Waals surface area contributed by atoms with Crippen LogP contribution in [0, 0.1) is 17.8 Å². The maximum absolute atomic E-state index is 5.71. The smallest absolute Gasteiger partial charge is 0.0175 e. The Labute approximate surface area is 161 Å². The lowest BCUT2D eigenvalue weighted by molar-refractivity contribution is 0.246. The van der Waals surface area contributed by atoms with E-state index in [-0.39, 0.29) is 0 Å². The minimum absolute atomic E-state index is 0.750. The van der Waals surface area contributed by atoms with Crippen LogP contribution in [0.1, 0.15) is 75.7 Å². The molecule has 3 rings (SSSR count). The highest BCUT2D eigenvalue weighted by Gasteiger charge is 2.24. The highest BCUT2D eigenvalue weighted by molar-refractivity contribution is 9.10. The average Bonchev–Trinajstić information content (AvgIpc) is 2.63. The van der Waals surface area contributed by atoms with Gasteiger partial charge >= 0.3 is 0 Å². The number of hydrogen-bond acceptors (Lipinski definition) is 0. The molecule has 24 heavy (non-hydrogen) atoms. The van der Waals surface area contributed by atoms with E-state index in [9.17, 15) is 0 Å². The molecule has 0 aromatic heterocycles. The summed E-state index contributed by atoms with van der Waals surface area (Å²) in [6.07, 6.45) is 16.3. The van der Waals surface area contributed by atoms with Crippen LogP contribution in [0.3, 0.4) is 0 Å². The summed E-state index contributed by atoms with van der Waals surface area (Å²) in [7, 11) is 0. The van der Waals surface area contributed by atoms with Crippen LogP contribution < -0.4 is 0 Å². The van der Waals surface area contributed by atoms with Crippen molar-refractivity contribution in [3.63, 3.8) is 0 Å². The minimum atomic E-state index is 0.750. The summed E-state index contributed by atoms with van der Waals surface area (Å²) in [4.78, 5) is 0. The summed E-state index contributed by atoms with van der Waals surface area (Å²) in [6, 6.07) is 9.00. The van der Waals surface area contributed by atoms with E-state index in [1.54, 1.807) is 11.1 Å². The Morgan fingerprint density at radius 2 is 1.38 bits per heavy atom. The van der Waals surface area contributed by atoms with Crippen molar-refractivity contribution in [1.29, 1.82) is 0 Å². The van der Waals surface area contributed by atoms with Crippen molar-refractivity contribution in [3.05, 3.63) is 45.9 Å². The molecule has 1 aromatic carbocycles. The van der Waals surface area contributed by atoms with Crippen molar-refractivity contribution in [2.75, 3.05) is 0 Å². The summed E-state index contributed by atoms with van der Waals surface area (Å²) < 4.78 is 1.19. The molecule has 0 N–H and O–H groups in total. The van der Waals surface area contributed by atoms with Crippen molar-refractivity contribution >= 4 is 27.5 Å². The van der Waals surface area contributed by atoms with Crippen molar-refractivity contribution in [1.82, 2.24) is 0 Å². The second-order valence-electron chi connectivity index (χ2n) is 7.95. The van der Waals surface area contributed by atoms with Gasteiger partial charge < -0.3 is 0 Å². The van der Waals surface area contributed by atoms with Gasteiger partial charge in [-0.05, 0) is 92.7 Å². The van der Waals surface area contributed by atoms with Gasteiger partial charge in [0, 0.05) is 10.0 Å². The fourth-order valence-corrected chi connectivity index (χ4v) is 5.23. The molecule has 0 unspecified atom stereocenters. The molecule has 0 bridgehead atoms. The Morgan fingerprint density at radius 1 is 0.833 bits per heavy atom. The number of halogens is 2. The van der Waals surface area contributed by atoms with Crippen molar-refractivity contribution in [3.8, 4) is 0 Å². The highest BCUT2D eigenvalue weighted by Crippen LogP contribution is 2.40. The maximum atomic E-state index is 5.71. The Bertz CT molecular complexity index is 505. The van der Waals surface area contributed by atoms with E-state index in [4.69, 9.17) is 11.6 Å². The average molecular weight is 410 g/mol. The van der Waals surface area contributed by atoms with E-state index in [1.807, 2.05) is 0 Å². The SMILES string of the molecule is ClC=CC1CCC(CCC2CCC(c3ccc(Br)cc3)CC2)CC1. The maximum Gasteiger partial charge on any atom is 0.0175 e. The molecule has 0 radical (unpaired) electrons. The van der Waals surface area contributed by atoms with Gasteiger partial charge in [-0.25, -0.2) is 0 Å². The zero-order valence-electron chi connectivity index (χ0n) is 14.6. The van der Waals surface area contributed by atoms with Gasteiger partial charge in [-0.1, -0.05) is 58.6 Å². The number of benzene rings is 1. The van der Waals surface area contributed by atoms with Crippen molar-refractivity contribution < 1.29 is 0 Å². The largest absolute Gasteiger partial charge is 0.0933 e. The van der Waals surface area contributed by atoms with Crippen LogP contribution in [0.4, 0.5) is 0 Å². The summed E-state index contributed by atoms with van der Waals surface area (Å²) in [5.74, 6) is 3.51. The van der Waals surface area contributed by atoms with Gasteiger partial charge in [-0.15, -0.1) is 0 Å². The Morgan fingerprint density at radius 3 is 1.92 bits per heavy atom. The molecule has 2 aliphatic rings. The first-order valence-corrected chi connectivity index (χ1v) is 11.0.